The molecule has 162 valence electrons. The van der Waals surface area contributed by atoms with Crippen LogP contribution in [0.1, 0.15) is 21.5 Å². The zero-order valence-electron chi connectivity index (χ0n) is 16.8. The van der Waals surface area contributed by atoms with Crippen LogP contribution in [0.15, 0.2) is 83.5 Å². The highest BCUT2D eigenvalue weighted by Crippen LogP contribution is 2.28. The first-order valence-electron chi connectivity index (χ1n) is 9.73. The Bertz CT molecular complexity index is 1230. The Hall–Kier alpha value is -2.80. The largest absolute Gasteiger partial charge is 0.487 e. The van der Waals surface area contributed by atoms with Crippen molar-refractivity contribution in [2.24, 2.45) is 0 Å². The molecule has 0 aliphatic rings. The Balaban J connectivity index is 1.36. The van der Waals surface area contributed by atoms with Gasteiger partial charge in [-0.3, -0.25) is 9.48 Å². The highest BCUT2D eigenvalue weighted by Gasteiger charge is 2.13. The number of rotatable bonds is 7. The number of hydrogen-bond donors (Lipinski definition) is 1. The Morgan fingerprint density at radius 3 is 2.44 bits per heavy atom. The molecule has 1 amide bonds. The van der Waals surface area contributed by atoms with Crippen LogP contribution in [0.5, 0.6) is 5.75 Å². The van der Waals surface area contributed by atoms with E-state index in [2.05, 4.69) is 26.3 Å². The first-order chi connectivity index (χ1) is 15.5. The molecule has 8 heteroatoms. The summed E-state index contributed by atoms with van der Waals surface area (Å²) in [5, 5.41) is 8.06. The van der Waals surface area contributed by atoms with Gasteiger partial charge in [0.15, 0.2) is 5.82 Å². The van der Waals surface area contributed by atoms with Crippen LogP contribution in [-0.2, 0) is 13.2 Å². The summed E-state index contributed by atoms with van der Waals surface area (Å²) in [6.45, 7) is 0.895. The molecule has 1 heterocycles. The number of nitrogens with zero attached hydrogens (tertiary/aromatic N) is 2. The van der Waals surface area contributed by atoms with E-state index in [0.29, 0.717) is 40.3 Å². The van der Waals surface area contributed by atoms with Gasteiger partial charge in [0.25, 0.3) is 5.91 Å². The summed E-state index contributed by atoms with van der Waals surface area (Å²) < 4.78 is 8.34. The van der Waals surface area contributed by atoms with Crippen molar-refractivity contribution in [2.75, 3.05) is 5.32 Å². The Labute approximate surface area is 204 Å². The third-order valence-corrected chi connectivity index (χ3v) is 5.71. The van der Waals surface area contributed by atoms with E-state index in [0.717, 1.165) is 15.6 Å². The number of aromatic nitrogens is 2. The van der Waals surface area contributed by atoms with E-state index in [9.17, 15) is 4.79 Å². The topological polar surface area (TPSA) is 56.2 Å². The number of anilines is 1. The quantitative estimate of drug-likeness (QED) is 0.285. The van der Waals surface area contributed by atoms with Crippen molar-refractivity contribution in [1.82, 2.24) is 9.78 Å². The molecule has 0 saturated heterocycles. The smallest absolute Gasteiger partial charge is 0.256 e. The molecule has 4 aromatic rings. The van der Waals surface area contributed by atoms with Gasteiger partial charge < -0.3 is 10.1 Å². The molecule has 1 N–H and O–H groups in total. The van der Waals surface area contributed by atoms with Gasteiger partial charge >= 0.3 is 0 Å². The monoisotopic (exact) mass is 529 g/mol. The summed E-state index contributed by atoms with van der Waals surface area (Å²) in [4.78, 5) is 12.6. The minimum atomic E-state index is -0.291. The van der Waals surface area contributed by atoms with Crippen molar-refractivity contribution in [2.45, 2.75) is 13.2 Å². The second-order valence-electron chi connectivity index (χ2n) is 7.02. The van der Waals surface area contributed by atoms with Gasteiger partial charge in [-0.1, -0.05) is 81.6 Å². The fraction of sp³-hybridized carbons (Fsp3) is 0.0833. The molecule has 0 spiro atoms. The maximum Gasteiger partial charge on any atom is 0.256 e. The van der Waals surface area contributed by atoms with E-state index in [-0.39, 0.29) is 5.91 Å². The molecule has 32 heavy (non-hydrogen) atoms. The summed E-state index contributed by atoms with van der Waals surface area (Å²) in [5.74, 6) is 0.627. The third kappa shape index (κ3) is 5.71. The first kappa shape index (κ1) is 22.4. The van der Waals surface area contributed by atoms with Crippen molar-refractivity contribution in [3.63, 3.8) is 0 Å². The number of ether oxygens (including phenoxy) is 1. The third-order valence-electron chi connectivity index (χ3n) is 4.64. The highest BCUT2D eigenvalue weighted by atomic mass is 79.9. The van der Waals surface area contributed by atoms with E-state index in [1.54, 1.807) is 35.1 Å². The number of carbonyl (C=O) groups is 1. The maximum absolute atomic E-state index is 12.6. The Kier molecular flexibility index (Phi) is 7.15. The Morgan fingerprint density at radius 2 is 1.72 bits per heavy atom. The van der Waals surface area contributed by atoms with Crippen LogP contribution < -0.4 is 10.1 Å². The molecule has 0 radical (unpaired) electrons. The normalized spacial score (nSPS) is 10.7. The molecular weight excluding hydrogens is 513 g/mol. The average molecular weight is 531 g/mol. The summed E-state index contributed by atoms with van der Waals surface area (Å²) in [6.07, 6.45) is 1.69. The van der Waals surface area contributed by atoms with Gasteiger partial charge in [-0.25, -0.2) is 0 Å². The molecule has 0 unspecified atom stereocenters. The van der Waals surface area contributed by atoms with Crippen molar-refractivity contribution < 1.29 is 9.53 Å². The van der Waals surface area contributed by atoms with Gasteiger partial charge in [-0.05, 0) is 41.5 Å². The molecular formula is C24H18BrCl2N3O2. The maximum atomic E-state index is 12.6. The number of nitrogens with one attached hydrogen (secondary N) is 1. The van der Waals surface area contributed by atoms with Crippen LogP contribution in [0.3, 0.4) is 0 Å². The molecule has 1 aromatic heterocycles. The molecule has 0 bridgehead atoms. The van der Waals surface area contributed by atoms with Crippen molar-refractivity contribution >= 4 is 50.9 Å². The van der Waals surface area contributed by atoms with E-state index >= 15 is 0 Å². The summed E-state index contributed by atoms with van der Waals surface area (Å²) in [7, 11) is 0. The van der Waals surface area contributed by atoms with Gasteiger partial charge in [0.2, 0.25) is 0 Å². The minimum Gasteiger partial charge on any atom is -0.487 e. The van der Waals surface area contributed by atoms with Crippen LogP contribution in [-0.4, -0.2) is 15.7 Å². The highest BCUT2D eigenvalue weighted by molar-refractivity contribution is 9.10. The predicted octanol–water partition coefficient (Wildman–Crippen LogP) is 6.83. The van der Waals surface area contributed by atoms with E-state index in [1.165, 1.54) is 0 Å². The lowest BCUT2D eigenvalue weighted by atomic mass is 10.1. The van der Waals surface area contributed by atoms with Crippen molar-refractivity contribution in [3.05, 3.63) is 110 Å². The number of halogens is 3. The van der Waals surface area contributed by atoms with Crippen molar-refractivity contribution in [3.8, 4) is 5.75 Å². The fourth-order valence-electron chi connectivity index (χ4n) is 3.02. The van der Waals surface area contributed by atoms with Gasteiger partial charge in [0.05, 0.1) is 11.6 Å². The second-order valence-corrected chi connectivity index (χ2v) is 8.75. The lowest BCUT2D eigenvalue weighted by molar-refractivity contribution is 0.102. The number of benzene rings is 3. The lowest BCUT2D eigenvalue weighted by Crippen LogP contribution is -2.13. The molecule has 0 saturated carbocycles. The number of carbonyl (C=O) groups excluding carboxylic acids is 1. The van der Waals surface area contributed by atoms with Gasteiger partial charge in [-0.2, -0.15) is 5.10 Å². The predicted molar refractivity (Wildman–Crippen MR) is 131 cm³/mol. The van der Waals surface area contributed by atoms with Crippen LogP contribution in [0.4, 0.5) is 5.82 Å². The van der Waals surface area contributed by atoms with Crippen LogP contribution in [0, 0.1) is 0 Å². The molecule has 0 aliphatic carbocycles. The minimum absolute atomic E-state index is 0.291. The number of amides is 1. The number of hydrogen-bond acceptors (Lipinski definition) is 3. The molecule has 5 nitrogen and oxygen atoms in total. The molecule has 0 fully saturated rings. The molecule has 3 aromatic carbocycles. The molecule has 0 aliphatic heterocycles. The molecule has 4 rings (SSSR count). The van der Waals surface area contributed by atoms with E-state index < -0.39 is 0 Å². The van der Waals surface area contributed by atoms with Crippen LogP contribution in [0.2, 0.25) is 10.0 Å². The SMILES string of the molecule is O=C(Nc1nn(Cc2ccccc2)cc1Cl)c1ccc(COc2ccc(Br)cc2Cl)cc1. The first-order valence-corrected chi connectivity index (χ1v) is 11.3. The zero-order valence-corrected chi connectivity index (χ0v) is 19.9. The summed E-state index contributed by atoms with van der Waals surface area (Å²) in [6, 6.07) is 22.4. The lowest BCUT2D eigenvalue weighted by Gasteiger charge is -2.09. The van der Waals surface area contributed by atoms with Crippen LogP contribution >= 0.6 is 39.1 Å². The average Bonchev–Trinajstić information content (AvgIpc) is 3.12. The Morgan fingerprint density at radius 1 is 0.969 bits per heavy atom. The summed E-state index contributed by atoms with van der Waals surface area (Å²) >= 11 is 15.8. The van der Waals surface area contributed by atoms with E-state index in [4.69, 9.17) is 27.9 Å². The van der Waals surface area contributed by atoms with Crippen molar-refractivity contribution in [1.29, 1.82) is 0 Å². The van der Waals surface area contributed by atoms with Gasteiger partial charge in [-0.15, -0.1) is 0 Å². The summed E-state index contributed by atoms with van der Waals surface area (Å²) in [5.41, 5.74) is 2.49. The second kappa shape index (κ2) is 10.2. The van der Waals surface area contributed by atoms with Crippen LogP contribution in [0.25, 0.3) is 0 Å². The zero-order chi connectivity index (χ0) is 22.5. The molecule has 0 atom stereocenters. The fourth-order valence-corrected chi connectivity index (χ4v) is 3.94. The van der Waals surface area contributed by atoms with Gasteiger partial charge in [0.1, 0.15) is 17.4 Å². The van der Waals surface area contributed by atoms with Gasteiger partial charge in [0, 0.05) is 16.2 Å². The standard InChI is InChI=1S/C24H18BrCl2N3O2/c25-19-10-11-22(20(26)12-19)32-15-17-6-8-18(9-7-17)24(31)28-23-21(27)14-30(29-23)13-16-4-2-1-3-5-16/h1-12,14H,13,15H2,(H,28,29,31). The van der Waals surface area contributed by atoms with E-state index in [1.807, 2.05) is 48.5 Å².